The van der Waals surface area contributed by atoms with Crippen molar-refractivity contribution in [2.24, 2.45) is 7.05 Å². The van der Waals surface area contributed by atoms with Gasteiger partial charge in [-0.3, -0.25) is 9.48 Å². The summed E-state index contributed by atoms with van der Waals surface area (Å²) in [4.78, 5) is 25.4. The van der Waals surface area contributed by atoms with Gasteiger partial charge in [0, 0.05) is 49.9 Å². The second-order valence-corrected chi connectivity index (χ2v) is 8.70. The van der Waals surface area contributed by atoms with Crippen LogP contribution in [0.5, 0.6) is 0 Å². The molecule has 0 aliphatic carbocycles. The Kier molecular flexibility index (Phi) is 7.60. The summed E-state index contributed by atoms with van der Waals surface area (Å²) in [5.41, 5.74) is 5.26. The van der Waals surface area contributed by atoms with Gasteiger partial charge in [-0.1, -0.05) is 19.6 Å². The number of carbonyl (C=O) groups is 1. The SMILES string of the molecule is C=CC(=O)Nc1cc(Nc2cc(-c3ccc4c(cnn4C)c3)ncn2)ccc1N(C)CCN(C)CC. The van der Waals surface area contributed by atoms with Crippen LogP contribution in [-0.4, -0.2) is 64.3 Å². The molecule has 9 heteroatoms. The third-order valence-electron chi connectivity index (χ3n) is 6.19. The van der Waals surface area contributed by atoms with Gasteiger partial charge in [0.05, 0.1) is 28.8 Å². The number of hydrogen-bond acceptors (Lipinski definition) is 7. The highest BCUT2D eigenvalue weighted by Gasteiger charge is 2.12. The van der Waals surface area contributed by atoms with Crippen molar-refractivity contribution >= 4 is 39.7 Å². The normalized spacial score (nSPS) is 11.0. The molecule has 0 atom stereocenters. The van der Waals surface area contributed by atoms with Crippen molar-refractivity contribution < 1.29 is 4.79 Å². The highest BCUT2D eigenvalue weighted by atomic mass is 16.1. The number of amides is 1. The van der Waals surface area contributed by atoms with Crippen LogP contribution in [0, 0.1) is 0 Å². The molecule has 36 heavy (non-hydrogen) atoms. The lowest BCUT2D eigenvalue weighted by molar-refractivity contribution is -0.111. The molecule has 0 bridgehead atoms. The number of fused-ring (bicyclic) bond motifs is 1. The molecule has 1 amide bonds. The van der Waals surface area contributed by atoms with Crippen LogP contribution in [-0.2, 0) is 11.8 Å². The van der Waals surface area contributed by atoms with Gasteiger partial charge in [0.25, 0.3) is 0 Å². The minimum atomic E-state index is -0.261. The van der Waals surface area contributed by atoms with Crippen molar-refractivity contribution in [1.82, 2.24) is 24.6 Å². The molecule has 0 aliphatic heterocycles. The van der Waals surface area contributed by atoms with Gasteiger partial charge in [-0.2, -0.15) is 5.10 Å². The third-order valence-corrected chi connectivity index (χ3v) is 6.19. The number of hydrogen-bond donors (Lipinski definition) is 2. The second-order valence-electron chi connectivity index (χ2n) is 8.70. The summed E-state index contributed by atoms with van der Waals surface area (Å²) in [5, 5.41) is 11.6. The number of aryl methyl sites for hydroxylation is 1. The maximum absolute atomic E-state index is 12.1. The largest absolute Gasteiger partial charge is 0.372 e. The Labute approximate surface area is 211 Å². The van der Waals surface area contributed by atoms with Crippen molar-refractivity contribution in [2.75, 3.05) is 49.3 Å². The number of likely N-dealkylation sites (N-methyl/N-ethyl adjacent to an activating group) is 2. The van der Waals surface area contributed by atoms with Crippen molar-refractivity contribution in [3.05, 3.63) is 67.6 Å². The average Bonchev–Trinajstić information content (AvgIpc) is 3.27. The first-order chi connectivity index (χ1) is 17.4. The average molecular weight is 485 g/mol. The Bertz CT molecular complexity index is 1380. The number of nitrogens with zero attached hydrogens (tertiary/aromatic N) is 6. The van der Waals surface area contributed by atoms with E-state index < -0.39 is 0 Å². The van der Waals surface area contributed by atoms with Crippen molar-refractivity contribution in [3.8, 4) is 11.3 Å². The van der Waals surface area contributed by atoms with E-state index in [1.165, 1.54) is 12.4 Å². The fraction of sp³-hybridized carbons (Fsp3) is 0.259. The maximum atomic E-state index is 12.1. The van der Waals surface area contributed by atoms with E-state index >= 15 is 0 Å². The summed E-state index contributed by atoms with van der Waals surface area (Å²) in [7, 11) is 6.03. The first-order valence-electron chi connectivity index (χ1n) is 11.9. The van der Waals surface area contributed by atoms with Crippen molar-refractivity contribution in [1.29, 1.82) is 0 Å². The van der Waals surface area contributed by atoms with E-state index in [0.29, 0.717) is 11.5 Å². The van der Waals surface area contributed by atoms with E-state index in [1.54, 1.807) is 0 Å². The molecule has 0 fully saturated rings. The Morgan fingerprint density at radius 3 is 2.72 bits per heavy atom. The van der Waals surface area contributed by atoms with E-state index in [-0.39, 0.29) is 5.91 Å². The predicted octanol–water partition coefficient (Wildman–Crippen LogP) is 4.29. The lowest BCUT2D eigenvalue weighted by Gasteiger charge is -2.25. The zero-order chi connectivity index (χ0) is 25.7. The molecule has 186 valence electrons. The van der Waals surface area contributed by atoms with Gasteiger partial charge in [-0.15, -0.1) is 0 Å². The predicted molar refractivity (Wildman–Crippen MR) is 147 cm³/mol. The second kappa shape index (κ2) is 11.0. The molecule has 2 aromatic carbocycles. The van der Waals surface area contributed by atoms with E-state index in [4.69, 9.17) is 0 Å². The van der Waals surface area contributed by atoms with E-state index in [0.717, 1.165) is 53.2 Å². The Morgan fingerprint density at radius 2 is 1.94 bits per heavy atom. The smallest absolute Gasteiger partial charge is 0.247 e. The molecule has 2 heterocycles. The zero-order valence-corrected chi connectivity index (χ0v) is 21.2. The number of nitrogens with one attached hydrogen (secondary N) is 2. The van der Waals surface area contributed by atoms with Gasteiger partial charge in [0.15, 0.2) is 0 Å². The van der Waals surface area contributed by atoms with Crippen LogP contribution in [0.1, 0.15) is 6.92 Å². The first kappa shape index (κ1) is 24.9. The van der Waals surface area contributed by atoms with Crippen molar-refractivity contribution in [3.63, 3.8) is 0 Å². The summed E-state index contributed by atoms with van der Waals surface area (Å²) < 4.78 is 1.85. The highest BCUT2D eigenvalue weighted by molar-refractivity contribution is 6.01. The Balaban J connectivity index is 1.58. The molecule has 0 aliphatic rings. The molecule has 0 spiro atoms. The van der Waals surface area contributed by atoms with Crippen LogP contribution in [0.4, 0.5) is 22.9 Å². The summed E-state index contributed by atoms with van der Waals surface area (Å²) in [6.07, 6.45) is 4.65. The van der Waals surface area contributed by atoms with Gasteiger partial charge < -0.3 is 20.4 Å². The minimum absolute atomic E-state index is 0.261. The van der Waals surface area contributed by atoms with Crippen LogP contribution in [0.2, 0.25) is 0 Å². The lowest BCUT2D eigenvalue weighted by atomic mass is 10.1. The van der Waals surface area contributed by atoms with Gasteiger partial charge in [-0.05, 0) is 50.0 Å². The van der Waals surface area contributed by atoms with Crippen LogP contribution in [0.15, 0.2) is 67.6 Å². The Hall–Kier alpha value is -4.24. The van der Waals surface area contributed by atoms with Crippen LogP contribution < -0.4 is 15.5 Å². The molecule has 9 nitrogen and oxygen atoms in total. The maximum Gasteiger partial charge on any atom is 0.247 e. The molecule has 0 saturated heterocycles. The summed E-state index contributed by atoms with van der Waals surface area (Å²) in [6, 6.07) is 13.9. The summed E-state index contributed by atoms with van der Waals surface area (Å²) >= 11 is 0. The quantitative estimate of drug-likeness (QED) is 0.325. The Morgan fingerprint density at radius 1 is 1.11 bits per heavy atom. The van der Waals surface area contributed by atoms with Gasteiger partial charge >= 0.3 is 0 Å². The fourth-order valence-electron chi connectivity index (χ4n) is 3.88. The highest BCUT2D eigenvalue weighted by Crippen LogP contribution is 2.31. The molecule has 4 rings (SSSR count). The molecular formula is C27H32N8O. The monoisotopic (exact) mass is 484 g/mol. The van der Waals surface area contributed by atoms with Crippen LogP contribution in [0.3, 0.4) is 0 Å². The number of anilines is 4. The van der Waals surface area contributed by atoms with Crippen molar-refractivity contribution in [2.45, 2.75) is 6.92 Å². The number of benzene rings is 2. The summed E-state index contributed by atoms with van der Waals surface area (Å²) in [6.45, 7) is 8.43. The lowest BCUT2D eigenvalue weighted by Crippen LogP contribution is -2.31. The van der Waals surface area contributed by atoms with Crippen LogP contribution in [0.25, 0.3) is 22.2 Å². The zero-order valence-electron chi connectivity index (χ0n) is 21.2. The van der Waals surface area contributed by atoms with E-state index in [9.17, 15) is 4.79 Å². The third kappa shape index (κ3) is 5.69. The number of carbonyl (C=O) groups excluding carboxylic acids is 1. The molecular weight excluding hydrogens is 452 g/mol. The molecule has 0 unspecified atom stereocenters. The van der Waals surface area contributed by atoms with Gasteiger partial charge in [0.2, 0.25) is 5.91 Å². The molecule has 4 aromatic rings. The molecule has 0 saturated carbocycles. The molecule has 2 aromatic heterocycles. The first-order valence-corrected chi connectivity index (χ1v) is 11.9. The number of aromatic nitrogens is 4. The molecule has 0 radical (unpaired) electrons. The topological polar surface area (TPSA) is 91.2 Å². The van der Waals surface area contributed by atoms with E-state index in [1.807, 2.05) is 61.4 Å². The minimum Gasteiger partial charge on any atom is -0.372 e. The summed E-state index contributed by atoms with van der Waals surface area (Å²) in [5.74, 6) is 0.389. The molecule has 2 N–H and O–H groups in total. The van der Waals surface area contributed by atoms with Gasteiger partial charge in [0.1, 0.15) is 12.1 Å². The number of rotatable bonds is 10. The standard InChI is InChI=1S/C27H32N8O/c1-6-27(36)32-23-15-21(9-11-25(23)34(4)13-12-33(3)7-2)31-26-16-22(28-18-29-26)19-8-10-24-20(14-19)17-30-35(24)5/h6,8-11,14-18H,1,7,12-13H2,2-5H3,(H,32,36)(H,28,29,31). The van der Waals surface area contributed by atoms with Crippen LogP contribution >= 0.6 is 0 Å². The fourth-order valence-corrected chi connectivity index (χ4v) is 3.88. The van der Waals surface area contributed by atoms with Gasteiger partial charge in [-0.25, -0.2) is 9.97 Å². The van der Waals surface area contributed by atoms with E-state index in [2.05, 4.69) is 62.1 Å².